The summed E-state index contributed by atoms with van der Waals surface area (Å²) in [5, 5.41) is 4.01. The van der Waals surface area contributed by atoms with Crippen molar-refractivity contribution in [3.05, 3.63) is 42.0 Å². The fourth-order valence-corrected chi connectivity index (χ4v) is 4.27. The van der Waals surface area contributed by atoms with Crippen LogP contribution in [-0.4, -0.2) is 38.2 Å². The van der Waals surface area contributed by atoms with E-state index in [1.54, 1.807) is 36.6 Å². The van der Waals surface area contributed by atoms with E-state index in [-0.39, 0.29) is 5.91 Å². The summed E-state index contributed by atoms with van der Waals surface area (Å²) < 4.78 is 11.6. The van der Waals surface area contributed by atoms with Crippen LogP contribution >= 0.6 is 11.3 Å². The Morgan fingerprint density at radius 1 is 1.11 bits per heavy atom. The van der Waals surface area contributed by atoms with Gasteiger partial charge in [0.1, 0.15) is 11.5 Å². The first-order valence-electron chi connectivity index (χ1n) is 8.87. The van der Waals surface area contributed by atoms with Gasteiger partial charge in [-0.3, -0.25) is 4.79 Å². The van der Waals surface area contributed by atoms with E-state index in [9.17, 15) is 4.79 Å². The lowest BCUT2D eigenvalue weighted by molar-refractivity contribution is 0.102. The summed E-state index contributed by atoms with van der Waals surface area (Å²) in [6.45, 7) is 2.14. The smallest absolute Gasteiger partial charge is 0.259 e. The van der Waals surface area contributed by atoms with Crippen LogP contribution in [-0.2, 0) is 0 Å². The number of ether oxygens (including phenoxy) is 2. The van der Waals surface area contributed by atoms with Gasteiger partial charge in [-0.2, -0.15) is 0 Å². The number of nitrogens with one attached hydrogen (secondary N) is 1. The third-order valence-corrected chi connectivity index (χ3v) is 5.74. The van der Waals surface area contributed by atoms with Crippen LogP contribution in [0.15, 0.2) is 36.4 Å². The normalized spacial score (nSPS) is 13.8. The van der Waals surface area contributed by atoms with Crippen molar-refractivity contribution in [1.29, 1.82) is 0 Å². The van der Waals surface area contributed by atoms with Crippen LogP contribution in [0.4, 0.5) is 10.8 Å². The molecule has 140 valence electrons. The molecule has 1 fully saturated rings. The molecule has 0 aliphatic carbocycles. The number of nitrogens with zero attached hydrogens (tertiary/aromatic N) is 2. The number of fused-ring (bicyclic) bond motifs is 1. The zero-order valence-electron chi connectivity index (χ0n) is 15.3. The minimum atomic E-state index is -0.224. The molecule has 1 N–H and O–H groups in total. The van der Waals surface area contributed by atoms with E-state index < -0.39 is 0 Å². The maximum Gasteiger partial charge on any atom is 0.259 e. The molecule has 27 heavy (non-hydrogen) atoms. The number of thiazole rings is 1. The van der Waals surface area contributed by atoms with E-state index >= 15 is 0 Å². The third kappa shape index (κ3) is 3.55. The Morgan fingerprint density at radius 2 is 1.93 bits per heavy atom. The predicted octanol–water partition coefficient (Wildman–Crippen LogP) is 4.17. The molecule has 0 spiro atoms. The second-order valence-corrected chi connectivity index (χ2v) is 7.40. The lowest BCUT2D eigenvalue weighted by Gasteiger charge is -2.11. The van der Waals surface area contributed by atoms with E-state index in [1.807, 2.05) is 18.2 Å². The van der Waals surface area contributed by atoms with Gasteiger partial charge in [-0.15, -0.1) is 0 Å². The van der Waals surface area contributed by atoms with Crippen LogP contribution in [0.2, 0.25) is 0 Å². The number of anilines is 2. The summed E-state index contributed by atoms with van der Waals surface area (Å²) in [5.41, 5.74) is 2.16. The van der Waals surface area contributed by atoms with Gasteiger partial charge in [0, 0.05) is 24.8 Å². The molecule has 0 radical (unpaired) electrons. The largest absolute Gasteiger partial charge is 0.497 e. The van der Waals surface area contributed by atoms with Crippen LogP contribution in [0.1, 0.15) is 23.2 Å². The number of carbonyl (C=O) groups excluding carboxylic acids is 1. The quantitative estimate of drug-likeness (QED) is 0.717. The Kier molecular flexibility index (Phi) is 4.85. The van der Waals surface area contributed by atoms with Gasteiger partial charge >= 0.3 is 0 Å². The summed E-state index contributed by atoms with van der Waals surface area (Å²) in [7, 11) is 3.12. The van der Waals surface area contributed by atoms with E-state index in [0.717, 1.165) is 34.1 Å². The van der Waals surface area contributed by atoms with Gasteiger partial charge in [0.05, 0.1) is 30.0 Å². The molecule has 1 aliphatic heterocycles. The van der Waals surface area contributed by atoms with Crippen LogP contribution in [0.25, 0.3) is 10.2 Å². The molecule has 1 aromatic heterocycles. The molecule has 1 amide bonds. The fourth-order valence-electron chi connectivity index (χ4n) is 3.22. The van der Waals surface area contributed by atoms with Crippen LogP contribution in [0.5, 0.6) is 11.5 Å². The van der Waals surface area contributed by atoms with Gasteiger partial charge in [0.15, 0.2) is 5.13 Å². The van der Waals surface area contributed by atoms with Gasteiger partial charge in [-0.1, -0.05) is 11.3 Å². The van der Waals surface area contributed by atoms with E-state index in [0.29, 0.717) is 17.1 Å². The molecular weight excluding hydrogens is 362 g/mol. The molecule has 1 aliphatic rings. The Hall–Kier alpha value is -2.80. The highest BCUT2D eigenvalue weighted by molar-refractivity contribution is 7.22. The van der Waals surface area contributed by atoms with Crippen LogP contribution in [0, 0.1) is 0 Å². The summed E-state index contributed by atoms with van der Waals surface area (Å²) in [5.74, 6) is 0.893. The summed E-state index contributed by atoms with van der Waals surface area (Å²) >= 11 is 1.67. The first-order valence-corrected chi connectivity index (χ1v) is 9.68. The van der Waals surface area contributed by atoms with Crippen LogP contribution < -0.4 is 19.7 Å². The van der Waals surface area contributed by atoms with E-state index in [1.165, 1.54) is 20.0 Å². The number of methoxy groups -OCH3 is 2. The van der Waals surface area contributed by atoms with Gasteiger partial charge < -0.3 is 19.7 Å². The molecular formula is C20H21N3O3S. The highest BCUT2D eigenvalue weighted by Gasteiger charge is 2.17. The van der Waals surface area contributed by atoms with Crippen molar-refractivity contribution in [3.63, 3.8) is 0 Å². The minimum absolute atomic E-state index is 0.224. The zero-order chi connectivity index (χ0) is 18.8. The lowest BCUT2D eigenvalue weighted by atomic mass is 10.1. The molecule has 2 heterocycles. The van der Waals surface area contributed by atoms with Gasteiger partial charge in [0.2, 0.25) is 0 Å². The number of rotatable bonds is 5. The van der Waals surface area contributed by atoms with Crippen molar-refractivity contribution in [3.8, 4) is 11.5 Å². The first-order chi connectivity index (χ1) is 13.2. The zero-order valence-corrected chi connectivity index (χ0v) is 16.1. The first kappa shape index (κ1) is 17.6. The number of hydrogen-bond acceptors (Lipinski definition) is 6. The SMILES string of the molecule is COc1ccc(C(=O)Nc2ccc3nc(N4CCCC4)sc3c2)c(OC)c1. The molecule has 3 aromatic rings. The van der Waals surface area contributed by atoms with E-state index in [2.05, 4.69) is 10.2 Å². The molecule has 0 bridgehead atoms. The van der Waals surface area contributed by atoms with Crippen LogP contribution in [0.3, 0.4) is 0 Å². The average Bonchev–Trinajstić information content (AvgIpc) is 3.36. The summed E-state index contributed by atoms with van der Waals surface area (Å²) in [6, 6.07) is 10.9. The summed E-state index contributed by atoms with van der Waals surface area (Å²) in [6.07, 6.45) is 2.45. The van der Waals surface area contributed by atoms with Crippen molar-refractivity contribution in [2.75, 3.05) is 37.5 Å². The lowest BCUT2D eigenvalue weighted by Crippen LogP contribution is -2.16. The molecule has 0 saturated carbocycles. The molecule has 2 aromatic carbocycles. The highest BCUT2D eigenvalue weighted by atomic mass is 32.1. The maximum absolute atomic E-state index is 12.7. The molecule has 1 saturated heterocycles. The van der Waals surface area contributed by atoms with Crippen molar-refractivity contribution < 1.29 is 14.3 Å². The molecule has 7 heteroatoms. The second kappa shape index (κ2) is 7.44. The standard InChI is InChI=1S/C20H21N3O3S/c1-25-14-6-7-15(17(12-14)26-2)19(24)21-13-5-8-16-18(11-13)27-20(22-16)23-9-3-4-10-23/h5-8,11-12H,3-4,9-10H2,1-2H3,(H,21,24). The van der Waals surface area contributed by atoms with Crippen molar-refractivity contribution in [2.45, 2.75) is 12.8 Å². The average molecular weight is 383 g/mol. The van der Waals surface area contributed by atoms with E-state index in [4.69, 9.17) is 14.5 Å². The Balaban J connectivity index is 1.56. The minimum Gasteiger partial charge on any atom is -0.497 e. The second-order valence-electron chi connectivity index (χ2n) is 6.39. The topological polar surface area (TPSA) is 63.7 Å². The molecule has 0 unspecified atom stereocenters. The highest BCUT2D eigenvalue weighted by Crippen LogP contribution is 2.33. The Morgan fingerprint density at radius 3 is 2.67 bits per heavy atom. The Labute approximate surface area is 161 Å². The summed E-state index contributed by atoms with van der Waals surface area (Å²) in [4.78, 5) is 19.7. The number of hydrogen-bond donors (Lipinski definition) is 1. The monoisotopic (exact) mass is 383 g/mol. The predicted molar refractivity (Wildman–Crippen MR) is 109 cm³/mol. The van der Waals surface area contributed by atoms with Crippen molar-refractivity contribution in [2.24, 2.45) is 0 Å². The third-order valence-electron chi connectivity index (χ3n) is 4.66. The fraction of sp³-hybridized carbons (Fsp3) is 0.300. The van der Waals surface area contributed by atoms with Gasteiger partial charge in [-0.25, -0.2) is 4.98 Å². The molecule has 4 rings (SSSR count). The number of benzene rings is 2. The number of aromatic nitrogens is 1. The van der Waals surface area contributed by atoms with Crippen molar-refractivity contribution in [1.82, 2.24) is 4.98 Å². The number of amides is 1. The maximum atomic E-state index is 12.7. The molecule has 6 nitrogen and oxygen atoms in total. The molecule has 0 atom stereocenters. The number of carbonyl (C=O) groups is 1. The van der Waals surface area contributed by atoms with Gasteiger partial charge in [0.25, 0.3) is 5.91 Å². The van der Waals surface area contributed by atoms with Crippen molar-refractivity contribution >= 4 is 38.3 Å². The van der Waals surface area contributed by atoms with Gasteiger partial charge in [-0.05, 0) is 43.2 Å². The Bertz CT molecular complexity index is 980.